The number of carbonyl (C=O) groups is 1. The first kappa shape index (κ1) is 22.9. The summed E-state index contributed by atoms with van der Waals surface area (Å²) in [6.45, 7) is 4.09. The minimum atomic E-state index is -0.761. The Hall–Kier alpha value is -3.23. The quantitative estimate of drug-likeness (QED) is 0.517. The molecule has 6 nitrogen and oxygen atoms in total. The van der Waals surface area contributed by atoms with E-state index in [1.54, 1.807) is 37.3 Å². The number of rotatable bonds is 5. The van der Waals surface area contributed by atoms with Crippen molar-refractivity contribution < 1.29 is 18.7 Å². The third-order valence-electron chi connectivity index (χ3n) is 5.21. The van der Waals surface area contributed by atoms with Gasteiger partial charge in [0.15, 0.2) is 4.80 Å². The Morgan fingerprint density at radius 3 is 2.64 bits per heavy atom. The third kappa shape index (κ3) is 4.24. The average molecular weight is 487 g/mol. The van der Waals surface area contributed by atoms with Crippen LogP contribution >= 0.6 is 22.9 Å². The van der Waals surface area contributed by atoms with E-state index in [0.29, 0.717) is 28.4 Å². The Bertz CT molecular complexity index is 1420. The molecule has 1 aliphatic rings. The number of carbonyl (C=O) groups excluding carboxylic acids is 1. The SMILES string of the molecule is CCOc1ccc(C2C(C(=O)OC)=C(C)N=c3s/c(=C\c4c(F)cccc4Cl)c(=O)n32)cc1. The molecule has 1 atom stereocenters. The van der Waals surface area contributed by atoms with Gasteiger partial charge in [-0.3, -0.25) is 9.36 Å². The molecule has 0 bridgehead atoms. The molecule has 0 saturated carbocycles. The van der Waals surface area contributed by atoms with Crippen molar-refractivity contribution in [3.05, 3.63) is 95.4 Å². The summed E-state index contributed by atoms with van der Waals surface area (Å²) in [5.74, 6) is -0.451. The highest BCUT2D eigenvalue weighted by atomic mass is 35.5. The Labute approximate surface area is 197 Å². The van der Waals surface area contributed by atoms with Crippen molar-refractivity contribution >= 4 is 35.0 Å². The molecule has 0 aliphatic carbocycles. The summed E-state index contributed by atoms with van der Waals surface area (Å²) in [6, 6.07) is 10.7. The first-order chi connectivity index (χ1) is 15.8. The number of benzene rings is 2. The highest BCUT2D eigenvalue weighted by molar-refractivity contribution is 7.07. The number of esters is 1. The number of ether oxygens (including phenoxy) is 2. The molecule has 0 amide bonds. The van der Waals surface area contributed by atoms with Crippen LogP contribution in [0.4, 0.5) is 4.39 Å². The zero-order chi connectivity index (χ0) is 23.7. The molecule has 4 rings (SSSR count). The van der Waals surface area contributed by atoms with Gasteiger partial charge in [0.25, 0.3) is 5.56 Å². The van der Waals surface area contributed by atoms with Crippen LogP contribution in [-0.2, 0) is 9.53 Å². The van der Waals surface area contributed by atoms with Gasteiger partial charge < -0.3 is 9.47 Å². The summed E-state index contributed by atoms with van der Waals surface area (Å²) in [4.78, 5) is 31.0. The Morgan fingerprint density at radius 2 is 2.00 bits per heavy atom. The lowest BCUT2D eigenvalue weighted by molar-refractivity contribution is -0.136. The van der Waals surface area contributed by atoms with E-state index in [4.69, 9.17) is 21.1 Å². The van der Waals surface area contributed by atoms with Crippen LogP contribution < -0.4 is 19.6 Å². The van der Waals surface area contributed by atoms with Gasteiger partial charge in [0.05, 0.1) is 40.6 Å². The van der Waals surface area contributed by atoms with E-state index in [-0.39, 0.29) is 20.7 Å². The number of nitrogens with zero attached hydrogens (tertiary/aromatic N) is 2. The zero-order valence-corrected chi connectivity index (χ0v) is 19.7. The van der Waals surface area contributed by atoms with E-state index in [2.05, 4.69) is 4.99 Å². The van der Waals surface area contributed by atoms with Crippen LogP contribution in [0, 0.1) is 5.82 Å². The maximum absolute atomic E-state index is 14.3. The minimum Gasteiger partial charge on any atom is -0.494 e. The number of hydrogen-bond donors (Lipinski definition) is 0. The minimum absolute atomic E-state index is 0.117. The molecule has 0 N–H and O–H groups in total. The van der Waals surface area contributed by atoms with Crippen molar-refractivity contribution in [2.45, 2.75) is 19.9 Å². The maximum Gasteiger partial charge on any atom is 0.338 e. The van der Waals surface area contributed by atoms with Crippen molar-refractivity contribution in [2.75, 3.05) is 13.7 Å². The first-order valence-electron chi connectivity index (χ1n) is 10.1. The number of hydrogen-bond acceptors (Lipinski definition) is 6. The average Bonchev–Trinajstić information content (AvgIpc) is 3.10. The highest BCUT2D eigenvalue weighted by Gasteiger charge is 2.33. The molecular formula is C24H20ClFN2O4S. The smallest absolute Gasteiger partial charge is 0.338 e. The molecule has 1 unspecified atom stereocenters. The van der Waals surface area contributed by atoms with Crippen molar-refractivity contribution in [2.24, 2.45) is 4.99 Å². The molecule has 0 spiro atoms. The molecule has 33 heavy (non-hydrogen) atoms. The van der Waals surface area contributed by atoms with Crippen LogP contribution in [0.1, 0.15) is 31.0 Å². The van der Waals surface area contributed by atoms with Crippen LogP contribution in [-0.4, -0.2) is 24.3 Å². The molecule has 2 aromatic carbocycles. The second kappa shape index (κ2) is 9.33. The Balaban J connectivity index is 1.96. The van der Waals surface area contributed by atoms with Gasteiger partial charge in [0.2, 0.25) is 0 Å². The van der Waals surface area contributed by atoms with Gasteiger partial charge in [-0.05, 0) is 49.8 Å². The Kier molecular flexibility index (Phi) is 6.49. The number of thiazole rings is 1. The van der Waals surface area contributed by atoms with E-state index < -0.39 is 23.4 Å². The lowest BCUT2D eigenvalue weighted by Gasteiger charge is -2.24. The number of methoxy groups -OCH3 is 1. The lowest BCUT2D eigenvalue weighted by Crippen LogP contribution is -2.39. The van der Waals surface area contributed by atoms with Gasteiger partial charge in [-0.2, -0.15) is 0 Å². The number of aromatic nitrogens is 1. The maximum atomic E-state index is 14.3. The van der Waals surface area contributed by atoms with Crippen LogP contribution in [0.25, 0.3) is 6.08 Å². The second-order valence-electron chi connectivity index (χ2n) is 7.21. The summed E-state index contributed by atoms with van der Waals surface area (Å²) in [5.41, 5.74) is 1.09. The fourth-order valence-electron chi connectivity index (χ4n) is 3.70. The predicted octanol–water partition coefficient (Wildman–Crippen LogP) is 3.60. The molecule has 0 fully saturated rings. The molecular weight excluding hydrogens is 467 g/mol. The van der Waals surface area contributed by atoms with Crippen molar-refractivity contribution in [1.82, 2.24) is 4.57 Å². The van der Waals surface area contributed by atoms with Crippen LogP contribution in [0.2, 0.25) is 5.02 Å². The lowest BCUT2D eigenvalue weighted by atomic mass is 9.96. The summed E-state index contributed by atoms with van der Waals surface area (Å²) >= 11 is 7.25. The van der Waals surface area contributed by atoms with E-state index >= 15 is 0 Å². The standard InChI is InChI=1S/C24H20ClFN2O4S/c1-4-32-15-10-8-14(9-11-15)21-20(23(30)31-3)13(2)27-24-28(21)22(29)19(33-24)12-16-17(25)6-5-7-18(16)26/h5-12,21H,4H2,1-3H3/b19-12-. The number of allylic oxidation sites excluding steroid dienone is 1. The number of fused-ring (bicyclic) bond motifs is 1. The largest absolute Gasteiger partial charge is 0.494 e. The van der Waals surface area contributed by atoms with Gasteiger partial charge >= 0.3 is 5.97 Å². The monoisotopic (exact) mass is 486 g/mol. The summed E-state index contributed by atoms with van der Waals surface area (Å²) in [5, 5.41) is 0.190. The summed E-state index contributed by atoms with van der Waals surface area (Å²) in [7, 11) is 1.28. The fourth-order valence-corrected chi connectivity index (χ4v) is 4.95. The van der Waals surface area contributed by atoms with Crippen molar-refractivity contribution in [3.63, 3.8) is 0 Å². The van der Waals surface area contributed by atoms with Crippen molar-refractivity contribution in [1.29, 1.82) is 0 Å². The van der Waals surface area contributed by atoms with Crippen LogP contribution in [0.15, 0.2) is 63.5 Å². The molecule has 2 heterocycles. The molecule has 0 radical (unpaired) electrons. The van der Waals surface area contributed by atoms with Gasteiger partial charge in [-0.1, -0.05) is 41.1 Å². The second-order valence-corrected chi connectivity index (χ2v) is 8.63. The zero-order valence-electron chi connectivity index (χ0n) is 18.1. The first-order valence-corrected chi connectivity index (χ1v) is 11.3. The van der Waals surface area contributed by atoms with Gasteiger partial charge in [0.1, 0.15) is 11.6 Å². The van der Waals surface area contributed by atoms with Gasteiger partial charge in [0, 0.05) is 5.56 Å². The third-order valence-corrected chi connectivity index (χ3v) is 6.52. The van der Waals surface area contributed by atoms with E-state index in [1.807, 2.05) is 6.92 Å². The van der Waals surface area contributed by atoms with Crippen molar-refractivity contribution in [3.8, 4) is 5.75 Å². The molecule has 9 heteroatoms. The normalized spacial score (nSPS) is 15.8. The molecule has 1 aliphatic heterocycles. The predicted molar refractivity (Wildman–Crippen MR) is 125 cm³/mol. The Morgan fingerprint density at radius 1 is 1.27 bits per heavy atom. The highest BCUT2D eigenvalue weighted by Crippen LogP contribution is 2.31. The van der Waals surface area contributed by atoms with Gasteiger partial charge in [-0.15, -0.1) is 0 Å². The fraction of sp³-hybridized carbons (Fsp3) is 0.208. The number of halogens is 2. The van der Waals surface area contributed by atoms with Gasteiger partial charge in [-0.25, -0.2) is 14.2 Å². The summed E-state index contributed by atoms with van der Waals surface area (Å²) in [6.07, 6.45) is 1.41. The summed E-state index contributed by atoms with van der Waals surface area (Å²) < 4.78 is 26.5. The molecule has 1 aromatic heterocycles. The van der Waals surface area contributed by atoms with Crippen LogP contribution in [0.5, 0.6) is 5.75 Å². The molecule has 3 aromatic rings. The van der Waals surface area contributed by atoms with Crippen LogP contribution in [0.3, 0.4) is 0 Å². The molecule has 0 saturated heterocycles. The topological polar surface area (TPSA) is 69.9 Å². The van der Waals surface area contributed by atoms with E-state index in [0.717, 1.165) is 11.3 Å². The molecule has 170 valence electrons. The van der Waals surface area contributed by atoms with E-state index in [9.17, 15) is 14.0 Å². The van der Waals surface area contributed by atoms with E-state index in [1.165, 1.54) is 29.9 Å².